The van der Waals surface area contributed by atoms with Gasteiger partial charge in [-0.1, -0.05) is 6.07 Å². The molecule has 0 saturated carbocycles. The molecule has 132 valence electrons. The van der Waals surface area contributed by atoms with Crippen molar-refractivity contribution in [2.75, 3.05) is 38.7 Å². The molecule has 2 N–H and O–H groups in total. The first kappa shape index (κ1) is 17.2. The fraction of sp³-hybridized carbons (Fsp3) is 0.611. The van der Waals surface area contributed by atoms with Crippen LogP contribution < -0.4 is 10.1 Å². The second-order valence-electron chi connectivity index (χ2n) is 6.77. The van der Waals surface area contributed by atoms with E-state index in [1.807, 2.05) is 30.0 Å². The Balaban J connectivity index is 1.57. The first-order chi connectivity index (χ1) is 11.5. The molecule has 1 aromatic carbocycles. The summed E-state index contributed by atoms with van der Waals surface area (Å²) in [4.78, 5) is 14.3. The summed E-state index contributed by atoms with van der Waals surface area (Å²) in [5, 5.41) is 13.3. The lowest BCUT2D eigenvalue weighted by Gasteiger charge is -2.42. The number of nitrogens with zero attached hydrogens (tertiary/aromatic N) is 1. The van der Waals surface area contributed by atoms with E-state index in [1.165, 1.54) is 0 Å². The molecule has 6 heteroatoms. The number of methoxy groups -OCH3 is 1. The van der Waals surface area contributed by atoms with Crippen molar-refractivity contribution < 1.29 is 19.4 Å². The van der Waals surface area contributed by atoms with E-state index in [-0.39, 0.29) is 18.1 Å². The zero-order valence-corrected chi connectivity index (χ0v) is 14.4. The van der Waals surface area contributed by atoms with Crippen LogP contribution in [0.25, 0.3) is 0 Å². The number of hydrogen-bond donors (Lipinski definition) is 2. The molecule has 2 fully saturated rings. The van der Waals surface area contributed by atoms with Crippen LogP contribution in [0.15, 0.2) is 18.2 Å². The number of likely N-dealkylation sites (tertiary alicyclic amines) is 1. The number of piperidine rings is 1. The Morgan fingerprint density at radius 3 is 3.00 bits per heavy atom. The Labute approximate surface area is 142 Å². The van der Waals surface area contributed by atoms with Gasteiger partial charge in [0.25, 0.3) is 0 Å². The molecule has 3 rings (SSSR count). The third-order valence-corrected chi connectivity index (χ3v) is 5.02. The molecule has 0 radical (unpaired) electrons. The summed E-state index contributed by atoms with van der Waals surface area (Å²) in [5.41, 5.74) is 1.35. The third kappa shape index (κ3) is 3.55. The molecule has 1 amide bonds. The minimum absolute atomic E-state index is 0.102. The summed E-state index contributed by atoms with van der Waals surface area (Å²) in [7, 11) is 1.59. The monoisotopic (exact) mass is 334 g/mol. The van der Waals surface area contributed by atoms with E-state index in [9.17, 15) is 9.90 Å². The van der Waals surface area contributed by atoms with E-state index in [1.54, 1.807) is 7.11 Å². The van der Waals surface area contributed by atoms with Crippen molar-refractivity contribution in [2.45, 2.75) is 37.9 Å². The number of carbonyl (C=O) groups excluding carboxylic acids is 1. The van der Waals surface area contributed by atoms with Crippen LogP contribution in [0, 0.1) is 6.92 Å². The zero-order valence-electron chi connectivity index (χ0n) is 14.4. The maximum Gasteiger partial charge on any atom is 0.238 e. The zero-order chi connectivity index (χ0) is 17.2. The van der Waals surface area contributed by atoms with E-state index in [0.29, 0.717) is 18.0 Å². The standard InChI is InChI=1S/C18H26N2O4/c1-13-4-5-15(23-2)14(10-13)19-17(22)12-20-8-7-18(16(21)11-20)6-3-9-24-18/h4-5,10,16,21H,3,6-9,11-12H2,1-2H3,(H,19,22)/t16-,18-/m0/s1. The van der Waals surface area contributed by atoms with Crippen LogP contribution in [0.1, 0.15) is 24.8 Å². The van der Waals surface area contributed by atoms with Gasteiger partial charge in [0, 0.05) is 19.7 Å². The number of β-amino-alcohol motifs (C(OH)–C–C–N with tert-alkyl or cyclic N) is 1. The van der Waals surface area contributed by atoms with Gasteiger partial charge in [-0.2, -0.15) is 0 Å². The summed E-state index contributed by atoms with van der Waals surface area (Å²) >= 11 is 0. The van der Waals surface area contributed by atoms with Gasteiger partial charge in [0.2, 0.25) is 5.91 Å². The molecule has 0 unspecified atom stereocenters. The summed E-state index contributed by atoms with van der Waals surface area (Å²) < 4.78 is 11.1. The van der Waals surface area contributed by atoms with Crippen LogP contribution in [-0.2, 0) is 9.53 Å². The summed E-state index contributed by atoms with van der Waals surface area (Å²) in [6.07, 6.45) is 2.16. The smallest absolute Gasteiger partial charge is 0.238 e. The van der Waals surface area contributed by atoms with E-state index >= 15 is 0 Å². The highest BCUT2D eigenvalue weighted by Gasteiger charge is 2.45. The molecular weight excluding hydrogens is 308 g/mol. The van der Waals surface area contributed by atoms with Gasteiger partial charge in [-0.05, 0) is 43.9 Å². The highest BCUT2D eigenvalue weighted by atomic mass is 16.5. The maximum absolute atomic E-state index is 12.4. The number of hydrogen-bond acceptors (Lipinski definition) is 5. The number of nitrogens with one attached hydrogen (secondary N) is 1. The van der Waals surface area contributed by atoms with Gasteiger partial charge in [-0.25, -0.2) is 0 Å². The van der Waals surface area contributed by atoms with Crippen molar-refractivity contribution in [2.24, 2.45) is 0 Å². The van der Waals surface area contributed by atoms with Gasteiger partial charge in [0.15, 0.2) is 0 Å². The molecule has 1 aromatic rings. The van der Waals surface area contributed by atoms with Gasteiger partial charge in [-0.15, -0.1) is 0 Å². The Hall–Kier alpha value is -1.63. The molecule has 0 bridgehead atoms. The van der Waals surface area contributed by atoms with Gasteiger partial charge >= 0.3 is 0 Å². The number of anilines is 1. The fourth-order valence-corrected chi connectivity index (χ4v) is 3.65. The van der Waals surface area contributed by atoms with Gasteiger partial charge < -0.3 is 19.9 Å². The number of aryl methyl sites for hydroxylation is 1. The van der Waals surface area contributed by atoms with Crippen molar-refractivity contribution in [1.82, 2.24) is 4.90 Å². The lowest BCUT2D eigenvalue weighted by Crippen LogP contribution is -2.56. The van der Waals surface area contributed by atoms with E-state index in [0.717, 1.165) is 38.0 Å². The summed E-state index contributed by atoms with van der Waals surface area (Å²) in [6.45, 7) is 4.18. The number of aliphatic hydroxyl groups excluding tert-OH is 1. The molecule has 2 heterocycles. The Morgan fingerprint density at radius 1 is 1.50 bits per heavy atom. The highest BCUT2D eigenvalue weighted by Crippen LogP contribution is 2.36. The molecule has 0 aromatic heterocycles. The molecular formula is C18H26N2O4. The normalized spacial score (nSPS) is 27.4. The van der Waals surface area contributed by atoms with E-state index in [2.05, 4.69) is 5.32 Å². The van der Waals surface area contributed by atoms with Crippen LogP contribution in [0.2, 0.25) is 0 Å². The van der Waals surface area contributed by atoms with E-state index in [4.69, 9.17) is 9.47 Å². The molecule has 2 atom stereocenters. The summed E-state index contributed by atoms with van der Waals surface area (Å²) in [6, 6.07) is 5.68. The highest BCUT2D eigenvalue weighted by molar-refractivity contribution is 5.93. The van der Waals surface area contributed by atoms with Crippen molar-refractivity contribution in [3.05, 3.63) is 23.8 Å². The van der Waals surface area contributed by atoms with Crippen LogP contribution in [0.5, 0.6) is 5.75 Å². The van der Waals surface area contributed by atoms with E-state index < -0.39 is 6.10 Å². The SMILES string of the molecule is COc1ccc(C)cc1NC(=O)CN1CC[C@@]2(CCCO2)[C@@H](O)C1. The Morgan fingerprint density at radius 2 is 2.33 bits per heavy atom. The van der Waals surface area contributed by atoms with Crippen molar-refractivity contribution in [3.8, 4) is 5.75 Å². The topological polar surface area (TPSA) is 71.0 Å². The maximum atomic E-state index is 12.4. The van der Waals surface area contributed by atoms with Crippen molar-refractivity contribution >= 4 is 11.6 Å². The molecule has 1 spiro atoms. The van der Waals surface area contributed by atoms with Crippen molar-refractivity contribution in [1.29, 1.82) is 0 Å². The van der Waals surface area contributed by atoms with Crippen LogP contribution in [0.3, 0.4) is 0 Å². The average Bonchev–Trinajstić information content (AvgIpc) is 3.01. The lowest BCUT2D eigenvalue weighted by molar-refractivity contribution is -0.135. The van der Waals surface area contributed by atoms with Gasteiger partial charge in [0.05, 0.1) is 31.0 Å². The second kappa shape index (κ2) is 7.09. The predicted molar refractivity (Wildman–Crippen MR) is 91.3 cm³/mol. The Kier molecular flexibility index (Phi) is 5.08. The minimum atomic E-state index is -0.532. The third-order valence-electron chi connectivity index (χ3n) is 5.02. The molecule has 0 aliphatic carbocycles. The number of ether oxygens (including phenoxy) is 2. The van der Waals surface area contributed by atoms with Crippen LogP contribution in [-0.4, -0.2) is 61.0 Å². The molecule has 24 heavy (non-hydrogen) atoms. The molecule has 2 aliphatic rings. The number of carbonyl (C=O) groups is 1. The number of benzene rings is 1. The number of aliphatic hydroxyl groups is 1. The first-order valence-electron chi connectivity index (χ1n) is 8.51. The quantitative estimate of drug-likeness (QED) is 0.874. The summed E-state index contributed by atoms with van der Waals surface area (Å²) in [5.74, 6) is 0.542. The average molecular weight is 334 g/mol. The van der Waals surface area contributed by atoms with Crippen LogP contribution in [0.4, 0.5) is 5.69 Å². The number of rotatable bonds is 4. The van der Waals surface area contributed by atoms with Gasteiger partial charge in [-0.3, -0.25) is 9.69 Å². The van der Waals surface area contributed by atoms with Crippen LogP contribution >= 0.6 is 0 Å². The molecule has 2 saturated heterocycles. The second-order valence-corrected chi connectivity index (χ2v) is 6.77. The molecule has 2 aliphatic heterocycles. The number of amides is 1. The molecule has 6 nitrogen and oxygen atoms in total. The first-order valence-corrected chi connectivity index (χ1v) is 8.51. The lowest BCUT2D eigenvalue weighted by atomic mass is 9.86. The Bertz CT molecular complexity index is 599. The van der Waals surface area contributed by atoms with Gasteiger partial charge in [0.1, 0.15) is 5.75 Å². The predicted octanol–water partition coefficient (Wildman–Crippen LogP) is 1.56. The minimum Gasteiger partial charge on any atom is -0.495 e. The largest absolute Gasteiger partial charge is 0.495 e. The fourth-order valence-electron chi connectivity index (χ4n) is 3.65. The van der Waals surface area contributed by atoms with Crippen molar-refractivity contribution in [3.63, 3.8) is 0 Å².